The Kier molecular flexibility index (Phi) is 5.82. The second-order valence-corrected chi connectivity index (χ2v) is 7.90. The van der Waals surface area contributed by atoms with Gasteiger partial charge in [-0.2, -0.15) is 5.10 Å². The first kappa shape index (κ1) is 18.3. The van der Waals surface area contributed by atoms with E-state index in [4.69, 9.17) is 0 Å². The molecule has 0 saturated carbocycles. The van der Waals surface area contributed by atoms with Crippen molar-refractivity contribution in [2.75, 3.05) is 7.05 Å². The van der Waals surface area contributed by atoms with Gasteiger partial charge in [-0.05, 0) is 23.7 Å². The van der Waals surface area contributed by atoms with Crippen LogP contribution >= 0.6 is 0 Å². The van der Waals surface area contributed by atoms with Crippen LogP contribution in [0.1, 0.15) is 16.7 Å². The number of hydrogen-bond donors (Lipinski definition) is 3. The smallest absolute Gasteiger partial charge is 0.215 e. The molecule has 0 aliphatic rings. The number of H-pyrrole nitrogens is 1. The molecule has 0 aliphatic carbocycles. The van der Waals surface area contributed by atoms with E-state index >= 15 is 0 Å². The van der Waals surface area contributed by atoms with Crippen LogP contribution in [0.15, 0.2) is 60.8 Å². The van der Waals surface area contributed by atoms with Crippen molar-refractivity contribution in [3.8, 4) is 11.3 Å². The van der Waals surface area contributed by atoms with Crippen LogP contribution in [0.4, 0.5) is 0 Å². The molecule has 0 amide bonds. The molecule has 0 saturated heterocycles. The van der Waals surface area contributed by atoms with Gasteiger partial charge >= 0.3 is 0 Å². The Morgan fingerprint density at radius 3 is 2.31 bits per heavy atom. The molecular formula is C19H22N4O2S. The van der Waals surface area contributed by atoms with Gasteiger partial charge in [0.2, 0.25) is 10.0 Å². The normalized spacial score (nSPS) is 11.6. The SMILES string of the molecule is CNS(=O)(=O)Cc1ccccc1CNCc1cn[nH]c1-c1ccccc1. The van der Waals surface area contributed by atoms with Gasteiger partial charge in [0.15, 0.2) is 0 Å². The van der Waals surface area contributed by atoms with E-state index in [9.17, 15) is 8.42 Å². The molecule has 1 heterocycles. The molecule has 26 heavy (non-hydrogen) atoms. The summed E-state index contributed by atoms with van der Waals surface area (Å²) in [7, 11) is -1.87. The van der Waals surface area contributed by atoms with Crippen molar-refractivity contribution in [1.82, 2.24) is 20.2 Å². The first-order chi connectivity index (χ1) is 12.6. The van der Waals surface area contributed by atoms with Gasteiger partial charge in [-0.1, -0.05) is 54.6 Å². The Morgan fingerprint density at radius 2 is 1.58 bits per heavy atom. The maximum Gasteiger partial charge on any atom is 0.215 e. The van der Waals surface area contributed by atoms with E-state index in [0.29, 0.717) is 13.1 Å². The number of benzene rings is 2. The molecule has 0 unspecified atom stereocenters. The standard InChI is InChI=1S/C19H22N4O2S/c1-20-26(24,25)14-17-10-6-5-9-16(17)11-21-12-18-13-22-23-19(18)15-7-3-2-4-8-15/h2-10,13,20-21H,11-12,14H2,1H3,(H,22,23). The molecule has 0 atom stereocenters. The van der Waals surface area contributed by atoms with Gasteiger partial charge in [0.25, 0.3) is 0 Å². The lowest BCUT2D eigenvalue weighted by Crippen LogP contribution is -2.22. The third kappa shape index (κ3) is 4.57. The molecule has 3 aromatic rings. The number of aromatic nitrogens is 2. The van der Waals surface area contributed by atoms with Gasteiger partial charge in [-0.3, -0.25) is 5.10 Å². The highest BCUT2D eigenvalue weighted by molar-refractivity contribution is 7.88. The van der Waals surface area contributed by atoms with Gasteiger partial charge in [-0.25, -0.2) is 13.1 Å². The van der Waals surface area contributed by atoms with Crippen LogP contribution in [0.25, 0.3) is 11.3 Å². The van der Waals surface area contributed by atoms with Crippen molar-refractivity contribution < 1.29 is 8.42 Å². The summed E-state index contributed by atoms with van der Waals surface area (Å²) in [5, 5.41) is 10.6. The predicted molar refractivity (Wildman–Crippen MR) is 103 cm³/mol. The first-order valence-electron chi connectivity index (χ1n) is 8.35. The zero-order valence-electron chi connectivity index (χ0n) is 14.6. The van der Waals surface area contributed by atoms with E-state index in [2.05, 4.69) is 20.2 Å². The summed E-state index contributed by atoms with van der Waals surface area (Å²) in [6.45, 7) is 1.21. The van der Waals surface area contributed by atoms with Gasteiger partial charge in [0, 0.05) is 18.7 Å². The maximum absolute atomic E-state index is 11.8. The minimum absolute atomic E-state index is 0.0255. The molecule has 7 heteroatoms. The van der Waals surface area contributed by atoms with Gasteiger partial charge in [0.05, 0.1) is 17.6 Å². The zero-order valence-corrected chi connectivity index (χ0v) is 15.4. The van der Waals surface area contributed by atoms with E-state index in [1.54, 1.807) is 0 Å². The second-order valence-electron chi connectivity index (χ2n) is 5.97. The molecule has 0 radical (unpaired) electrons. The fraction of sp³-hybridized carbons (Fsp3) is 0.211. The molecule has 1 aromatic heterocycles. The second kappa shape index (κ2) is 8.27. The summed E-state index contributed by atoms with van der Waals surface area (Å²) in [4.78, 5) is 0. The molecule has 136 valence electrons. The number of rotatable bonds is 8. The number of nitrogens with zero attached hydrogens (tertiary/aromatic N) is 1. The molecular weight excluding hydrogens is 348 g/mol. The van der Waals surface area contributed by atoms with Gasteiger partial charge in [0.1, 0.15) is 0 Å². The quantitative estimate of drug-likeness (QED) is 0.568. The Labute approximate surface area is 153 Å². The lowest BCUT2D eigenvalue weighted by Gasteiger charge is -2.11. The summed E-state index contributed by atoms with van der Waals surface area (Å²) in [6, 6.07) is 17.6. The van der Waals surface area contributed by atoms with E-state index in [-0.39, 0.29) is 5.75 Å². The van der Waals surface area contributed by atoms with Crippen LogP contribution in [-0.4, -0.2) is 25.7 Å². The summed E-state index contributed by atoms with van der Waals surface area (Å²) in [5.74, 6) is -0.0255. The first-order valence-corrected chi connectivity index (χ1v) is 10.0. The average Bonchev–Trinajstić information content (AvgIpc) is 3.12. The third-order valence-electron chi connectivity index (χ3n) is 4.19. The van der Waals surface area contributed by atoms with Crippen molar-refractivity contribution in [2.24, 2.45) is 0 Å². The minimum atomic E-state index is -3.30. The molecule has 6 nitrogen and oxygen atoms in total. The number of aromatic amines is 1. The lowest BCUT2D eigenvalue weighted by atomic mass is 10.1. The summed E-state index contributed by atoms with van der Waals surface area (Å²) in [5.41, 5.74) is 4.91. The Morgan fingerprint density at radius 1 is 0.923 bits per heavy atom. The van der Waals surface area contributed by atoms with Crippen molar-refractivity contribution in [1.29, 1.82) is 0 Å². The molecule has 0 aliphatic heterocycles. The minimum Gasteiger partial charge on any atom is -0.308 e. The van der Waals surface area contributed by atoms with Crippen molar-refractivity contribution in [3.63, 3.8) is 0 Å². The zero-order chi connectivity index (χ0) is 18.4. The number of nitrogens with one attached hydrogen (secondary N) is 3. The molecule has 3 N–H and O–H groups in total. The summed E-state index contributed by atoms with van der Waals surface area (Å²) >= 11 is 0. The lowest BCUT2D eigenvalue weighted by molar-refractivity contribution is 0.587. The van der Waals surface area contributed by atoms with E-state index in [0.717, 1.165) is 27.9 Å². The highest BCUT2D eigenvalue weighted by Gasteiger charge is 2.12. The third-order valence-corrected chi connectivity index (χ3v) is 5.50. The largest absolute Gasteiger partial charge is 0.308 e. The van der Waals surface area contributed by atoms with Crippen LogP contribution < -0.4 is 10.0 Å². The van der Waals surface area contributed by atoms with E-state index in [1.807, 2.05) is 60.8 Å². The Hall–Kier alpha value is -2.48. The fourth-order valence-corrected chi connectivity index (χ4v) is 3.61. The van der Waals surface area contributed by atoms with Crippen LogP contribution in [0.5, 0.6) is 0 Å². The van der Waals surface area contributed by atoms with Crippen LogP contribution in [0.2, 0.25) is 0 Å². The van der Waals surface area contributed by atoms with Crippen LogP contribution in [0.3, 0.4) is 0 Å². The fourth-order valence-electron chi connectivity index (χ4n) is 2.78. The monoisotopic (exact) mass is 370 g/mol. The topological polar surface area (TPSA) is 86.9 Å². The van der Waals surface area contributed by atoms with Gasteiger partial charge in [-0.15, -0.1) is 0 Å². The van der Waals surface area contributed by atoms with Crippen molar-refractivity contribution in [2.45, 2.75) is 18.8 Å². The molecule has 0 spiro atoms. The van der Waals surface area contributed by atoms with Crippen LogP contribution in [0, 0.1) is 0 Å². The van der Waals surface area contributed by atoms with Crippen LogP contribution in [-0.2, 0) is 28.9 Å². The van der Waals surface area contributed by atoms with Crippen molar-refractivity contribution >= 4 is 10.0 Å². The Balaban J connectivity index is 1.68. The highest BCUT2D eigenvalue weighted by Crippen LogP contribution is 2.20. The molecule has 3 rings (SSSR count). The van der Waals surface area contributed by atoms with E-state index < -0.39 is 10.0 Å². The summed E-state index contributed by atoms with van der Waals surface area (Å²) in [6.07, 6.45) is 1.81. The molecule has 2 aromatic carbocycles. The Bertz CT molecular complexity index is 952. The van der Waals surface area contributed by atoms with Crippen molar-refractivity contribution in [3.05, 3.63) is 77.5 Å². The van der Waals surface area contributed by atoms with E-state index in [1.165, 1.54) is 7.05 Å². The highest BCUT2D eigenvalue weighted by atomic mass is 32.2. The summed E-state index contributed by atoms with van der Waals surface area (Å²) < 4.78 is 26.0. The molecule has 0 fully saturated rings. The maximum atomic E-state index is 11.8. The number of hydrogen-bond acceptors (Lipinski definition) is 4. The predicted octanol–water partition coefficient (Wildman–Crippen LogP) is 2.42. The average molecular weight is 370 g/mol. The number of sulfonamides is 1. The molecule has 0 bridgehead atoms. The van der Waals surface area contributed by atoms with Gasteiger partial charge < -0.3 is 5.32 Å².